The van der Waals surface area contributed by atoms with Crippen LogP contribution in [0.3, 0.4) is 0 Å². The normalized spacial score (nSPS) is 11.3. The van der Waals surface area contributed by atoms with Crippen LogP contribution >= 0.6 is 11.6 Å². The molecule has 0 bridgehead atoms. The average molecular weight is 417 g/mol. The van der Waals surface area contributed by atoms with Crippen LogP contribution in [0.15, 0.2) is 48.8 Å². The number of nitrogens with zero attached hydrogens (tertiary/aromatic N) is 5. The Labute approximate surface area is 168 Å². The highest BCUT2D eigenvalue weighted by Gasteiger charge is 2.21. The molecule has 0 radical (unpaired) electrons. The third kappa shape index (κ3) is 3.81. The van der Waals surface area contributed by atoms with Crippen LogP contribution in [0.5, 0.6) is 0 Å². The van der Waals surface area contributed by atoms with Crippen LogP contribution in [0.4, 0.5) is 14.6 Å². The van der Waals surface area contributed by atoms with Crippen LogP contribution in [-0.2, 0) is 6.54 Å². The summed E-state index contributed by atoms with van der Waals surface area (Å²) in [5.74, 6) is -0.432. The van der Waals surface area contributed by atoms with Crippen molar-refractivity contribution < 1.29 is 13.6 Å². The molecule has 0 saturated heterocycles. The molecule has 29 heavy (non-hydrogen) atoms. The van der Waals surface area contributed by atoms with Crippen LogP contribution in [0.2, 0.25) is 5.02 Å². The monoisotopic (exact) mass is 416 g/mol. The number of fused-ring (bicyclic) bond motifs is 1. The van der Waals surface area contributed by atoms with Gasteiger partial charge in [-0.05, 0) is 18.6 Å². The minimum atomic E-state index is -2.75. The molecule has 148 valence electrons. The van der Waals surface area contributed by atoms with Gasteiger partial charge >= 0.3 is 0 Å². The number of nitrogens with one attached hydrogen (secondary N) is 1. The fourth-order valence-corrected chi connectivity index (χ4v) is 3.13. The fraction of sp³-hybridized carbons (Fsp3) is 0.158. The van der Waals surface area contributed by atoms with E-state index in [9.17, 15) is 13.6 Å². The second kappa shape index (κ2) is 7.59. The lowest BCUT2D eigenvalue weighted by molar-refractivity contribution is 0.102. The second-order valence-corrected chi connectivity index (χ2v) is 6.79. The Morgan fingerprint density at radius 2 is 2.03 bits per heavy atom. The number of hydrogen-bond acceptors (Lipinski definition) is 4. The standard InChI is InChI=1S/C19H15ClF2N6O/c1-11-7-15(16(21)22)28-18(24-11)13(8-23-28)19(29)25-17-14(20)10-27(26-17)9-12-5-3-2-4-6-12/h2-8,10,16H,9H2,1H3,(H,25,26,29). The summed E-state index contributed by atoms with van der Waals surface area (Å²) in [6.45, 7) is 2.05. The van der Waals surface area contributed by atoms with Crippen molar-refractivity contribution in [3.05, 3.63) is 76.3 Å². The van der Waals surface area contributed by atoms with Gasteiger partial charge in [0.15, 0.2) is 11.5 Å². The van der Waals surface area contributed by atoms with E-state index >= 15 is 0 Å². The molecule has 0 spiro atoms. The summed E-state index contributed by atoms with van der Waals surface area (Å²) in [5.41, 5.74) is 1.12. The minimum absolute atomic E-state index is 0.0395. The zero-order chi connectivity index (χ0) is 20.5. The average Bonchev–Trinajstić information content (AvgIpc) is 3.25. The zero-order valence-electron chi connectivity index (χ0n) is 15.2. The van der Waals surface area contributed by atoms with Gasteiger partial charge in [-0.15, -0.1) is 0 Å². The van der Waals surface area contributed by atoms with E-state index in [4.69, 9.17) is 11.6 Å². The van der Waals surface area contributed by atoms with Crippen molar-refractivity contribution >= 4 is 29.0 Å². The number of hydrogen-bond donors (Lipinski definition) is 1. The van der Waals surface area contributed by atoms with Gasteiger partial charge in [-0.2, -0.15) is 10.2 Å². The van der Waals surface area contributed by atoms with E-state index in [0.29, 0.717) is 12.2 Å². The highest BCUT2D eigenvalue weighted by atomic mass is 35.5. The largest absolute Gasteiger partial charge is 0.304 e. The number of aromatic nitrogens is 5. The molecular weight excluding hydrogens is 402 g/mol. The molecule has 7 nitrogen and oxygen atoms in total. The summed E-state index contributed by atoms with van der Waals surface area (Å²) in [6.07, 6.45) is 0.0354. The van der Waals surface area contributed by atoms with Gasteiger partial charge in [0.25, 0.3) is 12.3 Å². The summed E-state index contributed by atoms with van der Waals surface area (Å²) >= 11 is 6.19. The molecule has 4 aromatic rings. The predicted octanol–water partition coefficient (Wildman–Crippen LogP) is 4.13. The van der Waals surface area contributed by atoms with Crippen LogP contribution in [0.25, 0.3) is 5.65 Å². The van der Waals surface area contributed by atoms with E-state index in [2.05, 4.69) is 20.5 Å². The van der Waals surface area contributed by atoms with Gasteiger partial charge in [0.1, 0.15) is 16.3 Å². The number of amides is 1. The van der Waals surface area contributed by atoms with Crippen molar-refractivity contribution in [3.8, 4) is 0 Å². The molecule has 3 heterocycles. The van der Waals surface area contributed by atoms with Crippen molar-refractivity contribution in [2.24, 2.45) is 0 Å². The van der Waals surface area contributed by atoms with E-state index in [1.165, 1.54) is 12.3 Å². The third-order valence-corrected chi connectivity index (χ3v) is 4.51. The Morgan fingerprint density at radius 3 is 2.76 bits per heavy atom. The van der Waals surface area contributed by atoms with Crippen molar-refractivity contribution in [2.45, 2.75) is 19.9 Å². The first-order valence-electron chi connectivity index (χ1n) is 8.64. The number of carbonyl (C=O) groups is 1. The van der Waals surface area contributed by atoms with Gasteiger partial charge in [0.05, 0.1) is 12.7 Å². The molecule has 0 saturated carbocycles. The Morgan fingerprint density at radius 1 is 1.28 bits per heavy atom. The summed E-state index contributed by atoms with van der Waals surface area (Å²) in [7, 11) is 0. The van der Waals surface area contributed by atoms with Crippen LogP contribution in [-0.4, -0.2) is 30.3 Å². The van der Waals surface area contributed by atoms with Crippen molar-refractivity contribution in [1.82, 2.24) is 24.4 Å². The zero-order valence-corrected chi connectivity index (χ0v) is 15.9. The summed E-state index contributed by atoms with van der Waals surface area (Å²) in [6, 6.07) is 10.9. The summed E-state index contributed by atoms with van der Waals surface area (Å²) in [4.78, 5) is 16.9. The van der Waals surface area contributed by atoms with Gasteiger partial charge in [-0.1, -0.05) is 41.9 Å². The summed E-state index contributed by atoms with van der Waals surface area (Å²) in [5, 5.41) is 11.0. The maximum atomic E-state index is 13.2. The molecule has 0 aliphatic rings. The van der Waals surface area contributed by atoms with Crippen molar-refractivity contribution in [1.29, 1.82) is 0 Å². The first-order chi connectivity index (χ1) is 13.9. The number of alkyl halides is 2. The minimum Gasteiger partial charge on any atom is -0.304 e. The van der Waals surface area contributed by atoms with Crippen LogP contribution < -0.4 is 5.32 Å². The molecule has 1 N–H and O–H groups in total. The SMILES string of the molecule is Cc1cc(C(F)F)n2ncc(C(=O)Nc3nn(Cc4ccccc4)cc3Cl)c2n1. The smallest absolute Gasteiger partial charge is 0.280 e. The molecule has 4 rings (SSSR count). The third-order valence-electron chi connectivity index (χ3n) is 4.23. The van der Waals surface area contributed by atoms with Gasteiger partial charge in [-0.25, -0.2) is 18.3 Å². The predicted molar refractivity (Wildman–Crippen MR) is 103 cm³/mol. The number of carbonyl (C=O) groups excluding carboxylic acids is 1. The molecule has 0 aliphatic carbocycles. The Balaban J connectivity index is 1.60. The van der Waals surface area contributed by atoms with E-state index in [0.717, 1.165) is 10.1 Å². The highest BCUT2D eigenvalue weighted by Crippen LogP contribution is 2.24. The molecule has 0 fully saturated rings. The van der Waals surface area contributed by atoms with E-state index in [1.807, 2.05) is 30.3 Å². The van der Waals surface area contributed by atoms with E-state index < -0.39 is 12.3 Å². The van der Waals surface area contributed by atoms with Gasteiger partial charge in [0, 0.05) is 11.9 Å². The van der Waals surface area contributed by atoms with Crippen molar-refractivity contribution in [3.63, 3.8) is 0 Å². The van der Waals surface area contributed by atoms with Gasteiger partial charge in [-0.3, -0.25) is 9.48 Å². The molecule has 0 aliphatic heterocycles. The maximum Gasteiger partial charge on any atom is 0.280 e. The molecule has 0 atom stereocenters. The number of anilines is 1. The van der Waals surface area contributed by atoms with Crippen LogP contribution in [0.1, 0.15) is 33.7 Å². The van der Waals surface area contributed by atoms with E-state index in [1.54, 1.807) is 17.8 Å². The first-order valence-corrected chi connectivity index (χ1v) is 9.02. The molecule has 1 aromatic carbocycles. The fourth-order valence-electron chi connectivity index (χ4n) is 2.94. The lowest BCUT2D eigenvalue weighted by Gasteiger charge is -2.06. The number of halogens is 3. The molecule has 10 heteroatoms. The van der Waals surface area contributed by atoms with Crippen LogP contribution in [0, 0.1) is 6.92 Å². The first kappa shape index (κ1) is 19.0. The Hall–Kier alpha value is -3.33. The molecule has 3 aromatic heterocycles. The number of rotatable bonds is 5. The summed E-state index contributed by atoms with van der Waals surface area (Å²) < 4.78 is 29.1. The lowest BCUT2D eigenvalue weighted by atomic mass is 10.2. The maximum absolute atomic E-state index is 13.2. The molecular formula is C19H15ClF2N6O. The molecule has 0 unspecified atom stereocenters. The lowest BCUT2D eigenvalue weighted by Crippen LogP contribution is -2.14. The van der Waals surface area contributed by atoms with E-state index in [-0.39, 0.29) is 27.7 Å². The Bertz CT molecular complexity index is 1190. The van der Waals surface area contributed by atoms with Gasteiger partial charge < -0.3 is 5.32 Å². The molecule has 1 amide bonds. The topological polar surface area (TPSA) is 77.1 Å². The quantitative estimate of drug-likeness (QED) is 0.530. The number of aryl methyl sites for hydroxylation is 1. The second-order valence-electron chi connectivity index (χ2n) is 6.38. The number of benzene rings is 1. The van der Waals surface area contributed by atoms with Gasteiger partial charge in [0.2, 0.25) is 0 Å². The Kier molecular flexibility index (Phi) is 4.98. The van der Waals surface area contributed by atoms with Crippen molar-refractivity contribution in [2.75, 3.05) is 5.32 Å². The highest BCUT2D eigenvalue weighted by molar-refractivity contribution is 6.33.